The van der Waals surface area contributed by atoms with Gasteiger partial charge in [0, 0.05) is 38.1 Å². The Balaban J connectivity index is 1.63. The van der Waals surface area contributed by atoms with Gasteiger partial charge in [0.05, 0.1) is 10.6 Å². The number of benzene rings is 1. The van der Waals surface area contributed by atoms with E-state index < -0.39 is 10.0 Å². The van der Waals surface area contributed by atoms with Crippen molar-refractivity contribution < 1.29 is 13.2 Å². The number of aliphatic imine (C=N–C) groups is 1. The summed E-state index contributed by atoms with van der Waals surface area (Å²) >= 11 is 1.31. The molecule has 1 aromatic carbocycles. The molecular formula is C16H19N5O3S2. The fourth-order valence-corrected chi connectivity index (χ4v) is 4.26. The molecule has 1 aliphatic heterocycles. The van der Waals surface area contributed by atoms with E-state index in [9.17, 15) is 13.2 Å². The third-order valence-electron chi connectivity index (χ3n) is 3.66. The molecule has 0 aliphatic carbocycles. The minimum Gasteiger partial charge on any atom is -0.329 e. The SMILES string of the molecule is Cn1ccnc1SCC(=O)Nc1cccc(S(=O)(=O)NC2=NCCC2)c1. The molecule has 0 fully saturated rings. The van der Waals surface area contributed by atoms with Crippen LogP contribution in [0.3, 0.4) is 0 Å². The van der Waals surface area contributed by atoms with Crippen LogP contribution in [0.1, 0.15) is 12.8 Å². The van der Waals surface area contributed by atoms with E-state index >= 15 is 0 Å². The molecule has 10 heteroatoms. The first-order valence-electron chi connectivity index (χ1n) is 8.00. The molecule has 1 amide bonds. The second-order valence-corrected chi connectivity index (χ2v) is 8.35. The zero-order valence-electron chi connectivity index (χ0n) is 14.2. The summed E-state index contributed by atoms with van der Waals surface area (Å²) in [5, 5.41) is 3.44. The van der Waals surface area contributed by atoms with Crippen LogP contribution in [0.25, 0.3) is 0 Å². The first kappa shape index (κ1) is 18.5. The smallest absolute Gasteiger partial charge is 0.262 e. The minimum absolute atomic E-state index is 0.0849. The Bertz CT molecular complexity index is 937. The molecule has 138 valence electrons. The molecule has 3 rings (SSSR count). The molecule has 0 unspecified atom stereocenters. The lowest BCUT2D eigenvalue weighted by Crippen LogP contribution is -2.29. The lowest BCUT2D eigenvalue weighted by atomic mass is 10.3. The Morgan fingerprint density at radius 1 is 1.38 bits per heavy atom. The summed E-state index contributed by atoms with van der Waals surface area (Å²) in [6.45, 7) is 0.640. The van der Waals surface area contributed by atoms with Crippen LogP contribution >= 0.6 is 11.8 Å². The molecule has 2 heterocycles. The third-order valence-corrected chi connectivity index (χ3v) is 6.10. The second-order valence-electron chi connectivity index (χ2n) is 5.72. The number of sulfonamides is 1. The first-order valence-corrected chi connectivity index (χ1v) is 10.5. The number of thioether (sulfide) groups is 1. The molecule has 26 heavy (non-hydrogen) atoms. The van der Waals surface area contributed by atoms with Crippen molar-refractivity contribution in [1.82, 2.24) is 14.3 Å². The standard InChI is InChI=1S/C16H19N5O3S2/c1-21-9-8-18-16(21)25-11-15(22)19-12-4-2-5-13(10-12)26(23,24)20-14-6-3-7-17-14/h2,4-5,8-10H,3,6-7,11H2,1H3,(H,17,20)(H,19,22). The molecule has 0 spiro atoms. The maximum atomic E-state index is 12.4. The number of nitrogens with zero attached hydrogens (tertiary/aromatic N) is 3. The maximum Gasteiger partial charge on any atom is 0.262 e. The Kier molecular flexibility index (Phi) is 5.62. The average molecular weight is 393 g/mol. The van der Waals surface area contributed by atoms with Crippen molar-refractivity contribution in [1.29, 1.82) is 0 Å². The van der Waals surface area contributed by atoms with Gasteiger partial charge >= 0.3 is 0 Å². The molecule has 0 saturated carbocycles. The lowest BCUT2D eigenvalue weighted by molar-refractivity contribution is -0.113. The van der Waals surface area contributed by atoms with Crippen molar-refractivity contribution in [2.45, 2.75) is 22.9 Å². The van der Waals surface area contributed by atoms with Crippen molar-refractivity contribution in [2.75, 3.05) is 17.6 Å². The van der Waals surface area contributed by atoms with Gasteiger partial charge in [-0.1, -0.05) is 17.8 Å². The van der Waals surface area contributed by atoms with Gasteiger partial charge in [0.2, 0.25) is 5.91 Å². The highest BCUT2D eigenvalue weighted by Crippen LogP contribution is 2.18. The molecule has 1 aliphatic rings. The van der Waals surface area contributed by atoms with Gasteiger partial charge in [-0.15, -0.1) is 0 Å². The van der Waals surface area contributed by atoms with E-state index in [-0.39, 0.29) is 16.6 Å². The van der Waals surface area contributed by atoms with Crippen LogP contribution in [0.2, 0.25) is 0 Å². The monoisotopic (exact) mass is 393 g/mol. The highest BCUT2D eigenvalue weighted by atomic mass is 32.2. The Morgan fingerprint density at radius 2 is 2.23 bits per heavy atom. The summed E-state index contributed by atoms with van der Waals surface area (Å²) in [4.78, 5) is 20.4. The quantitative estimate of drug-likeness (QED) is 0.726. The molecule has 0 saturated heterocycles. The van der Waals surface area contributed by atoms with Crippen LogP contribution in [0.5, 0.6) is 0 Å². The van der Waals surface area contributed by atoms with Crippen LogP contribution in [-0.4, -0.2) is 42.0 Å². The number of rotatable bonds is 6. The van der Waals surface area contributed by atoms with Gasteiger partial charge in [-0.05, 0) is 24.6 Å². The van der Waals surface area contributed by atoms with Crippen molar-refractivity contribution in [3.8, 4) is 0 Å². The van der Waals surface area contributed by atoms with Crippen molar-refractivity contribution in [3.63, 3.8) is 0 Å². The normalized spacial score (nSPS) is 14.1. The lowest BCUT2D eigenvalue weighted by Gasteiger charge is -2.10. The van der Waals surface area contributed by atoms with Crippen LogP contribution in [-0.2, 0) is 21.9 Å². The fraction of sp³-hybridized carbons (Fsp3) is 0.312. The highest BCUT2D eigenvalue weighted by Gasteiger charge is 2.18. The van der Waals surface area contributed by atoms with E-state index in [1.165, 1.54) is 23.9 Å². The Labute approximate surface area is 156 Å². The highest BCUT2D eigenvalue weighted by molar-refractivity contribution is 7.99. The molecule has 2 N–H and O–H groups in total. The van der Waals surface area contributed by atoms with E-state index in [0.29, 0.717) is 24.5 Å². The molecule has 2 aromatic rings. The predicted octanol–water partition coefficient (Wildman–Crippen LogP) is 1.62. The maximum absolute atomic E-state index is 12.4. The van der Waals surface area contributed by atoms with Gasteiger partial charge in [0.15, 0.2) is 5.16 Å². The van der Waals surface area contributed by atoms with Crippen LogP contribution in [0.15, 0.2) is 51.7 Å². The third kappa shape index (κ3) is 4.64. The molecule has 0 radical (unpaired) electrons. The first-order chi connectivity index (χ1) is 12.4. The number of amidine groups is 1. The number of anilines is 1. The molecular weight excluding hydrogens is 374 g/mol. The van der Waals surface area contributed by atoms with Gasteiger partial charge in [-0.3, -0.25) is 14.5 Å². The summed E-state index contributed by atoms with van der Waals surface area (Å²) in [7, 11) is -1.86. The Hall–Kier alpha value is -2.33. The minimum atomic E-state index is -3.71. The molecule has 0 bridgehead atoms. The summed E-state index contributed by atoms with van der Waals surface area (Å²) in [6, 6.07) is 6.15. The number of carbonyl (C=O) groups excluding carboxylic acids is 1. The fourth-order valence-electron chi connectivity index (χ4n) is 2.40. The number of imidazole rings is 1. The number of carbonyl (C=O) groups is 1. The number of aryl methyl sites for hydroxylation is 1. The van der Waals surface area contributed by atoms with Gasteiger partial charge in [0.1, 0.15) is 5.84 Å². The summed E-state index contributed by atoms with van der Waals surface area (Å²) in [5.41, 5.74) is 0.423. The van der Waals surface area contributed by atoms with Crippen molar-refractivity contribution >= 4 is 39.2 Å². The number of nitrogens with one attached hydrogen (secondary N) is 2. The topological polar surface area (TPSA) is 105 Å². The zero-order chi connectivity index (χ0) is 18.6. The predicted molar refractivity (Wildman–Crippen MR) is 101 cm³/mol. The van der Waals surface area contributed by atoms with E-state index in [1.54, 1.807) is 24.5 Å². The van der Waals surface area contributed by atoms with E-state index in [1.807, 2.05) is 11.6 Å². The van der Waals surface area contributed by atoms with Gasteiger partial charge in [-0.25, -0.2) is 13.4 Å². The summed E-state index contributed by atoms with van der Waals surface area (Å²) in [6.07, 6.45) is 4.94. The Morgan fingerprint density at radius 3 is 2.92 bits per heavy atom. The van der Waals surface area contributed by atoms with E-state index in [2.05, 4.69) is 20.0 Å². The number of aromatic nitrogens is 2. The molecule has 8 nitrogen and oxygen atoms in total. The van der Waals surface area contributed by atoms with Crippen molar-refractivity contribution in [2.24, 2.45) is 12.0 Å². The average Bonchev–Trinajstić information content (AvgIpc) is 3.24. The zero-order valence-corrected chi connectivity index (χ0v) is 15.8. The van der Waals surface area contributed by atoms with Gasteiger partial charge in [0.25, 0.3) is 10.0 Å². The number of hydrogen-bond acceptors (Lipinski definition) is 6. The largest absolute Gasteiger partial charge is 0.329 e. The van der Waals surface area contributed by atoms with E-state index in [0.717, 1.165) is 11.6 Å². The number of hydrogen-bond donors (Lipinski definition) is 2. The van der Waals surface area contributed by atoms with E-state index in [4.69, 9.17) is 0 Å². The molecule has 0 atom stereocenters. The molecule has 1 aromatic heterocycles. The summed E-state index contributed by atoms with van der Waals surface area (Å²) in [5.74, 6) is 0.420. The van der Waals surface area contributed by atoms with Crippen LogP contribution in [0.4, 0.5) is 5.69 Å². The van der Waals surface area contributed by atoms with Gasteiger partial charge in [-0.2, -0.15) is 0 Å². The summed E-state index contributed by atoms with van der Waals surface area (Å²) < 4.78 is 29.2. The van der Waals surface area contributed by atoms with Crippen molar-refractivity contribution in [3.05, 3.63) is 36.7 Å². The number of amides is 1. The van der Waals surface area contributed by atoms with Crippen LogP contribution < -0.4 is 10.0 Å². The second kappa shape index (κ2) is 7.92. The van der Waals surface area contributed by atoms with Crippen LogP contribution in [0, 0.1) is 0 Å². The van der Waals surface area contributed by atoms with Gasteiger partial charge < -0.3 is 9.88 Å².